The molecule has 2 atom stereocenters. The fourth-order valence-corrected chi connectivity index (χ4v) is 1.88. The van der Waals surface area contributed by atoms with Crippen LogP contribution in [0.4, 0.5) is 0 Å². The summed E-state index contributed by atoms with van der Waals surface area (Å²) in [6.07, 6.45) is 0. The lowest BCUT2D eigenvalue weighted by molar-refractivity contribution is -0.144. The molecule has 0 aliphatic carbocycles. The summed E-state index contributed by atoms with van der Waals surface area (Å²) in [4.78, 5) is 21.4. The summed E-state index contributed by atoms with van der Waals surface area (Å²) in [5, 5.41) is 8.60. The first-order valence-corrected chi connectivity index (χ1v) is 5.52. The summed E-state index contributed by atoms with van der Waals surface area (Å²) < 4.78 is 4.55. The van der Waals surface area contributed by atoms with Crippen molar-refractivity contribution < 1.29 is 19.4 Å². The lowest BCUT2D eigenvalue weighted by Gasteiger charge is -2.09. The van der Waals surface area contributed by atoms with Gasteiger partial charge in [-0.1, -0.05) is 13.8 Å². The second-order valence-corrected chi connectivity index (χ2v) is 4.28. The van der Waals surface area contributed by atoms with E-state index in [9.17, 15) is 9.59 Å². The Morgan fingerprint density at radius 1 is 1.29 bits per heavy atom. The lowest BCUT2D eigenvalue weighted by atomic mass is 10.2. The van der Waals surface area contributed by atoms with Crippen LogP contribution in [-0.4, -0.2) is 35.7 Å². The van der Waals surface area contributed by atoms with Crippen molar-refractivity contribution in [2.24, 2.45) is 11.8 Å². The Balaban J connectivity index is 3.64. The van der Waals surface area contributed by atoms with Crippen LogP contribution in [0.1, 0.15) is 13.8 Å². The van der Waals surface area contributed by atoms with Crippen molar-refractivity contribution in [1.82, 2.24) is 0 Å². The number of thioether (sulfide) groups is 1. The highest BCUT2D eigenvalue weighted by molar-refractivity contribution is 7.99. The first-order valence-electron chi connectivity index (χ1n) is 4.37. The number of methoxy groups -OCH3 is 1. The van der Waals surface area contributed by atoms with E-state index >= 15 is 0 Å². The molecule has 0 aromatic carbocycles. The molecule has 0 heterocycles. The Morgan fingerprint density at radius 2 is 1.79 bits per heavy atom. The predicted octanol–water partition coefficient (Wildman–Crippen LogP) is 1.25. The maximum Gasteiger partial charge on any atom is 0.309 e. The molecule has 0 aliphatic rings. The molecule has 14 heavy (non-hydrogen) atoms. The topological polar surface area (TPSA) is 63.6 Å². The second-order valence-electron chi connectivity index (χ2n) is 3.20. The summed E-state index contributed by atoms with van der Waals surface area (Å²) in [6, 6.07) is 0. The normalized spacial score (nSPS) is 14.5. The fourth-order valence-electron chi connectivity index (χ4n) is 0.762. The van der Waals surface area contributed by atoms with Gasteiger partial charge in [-0.15, -0.1) is 0 Å². The highest BCUT2D eigenvalue weighted by Gasteiger charge is 2.15. The number of esters is 1. The maximum absolute atomic E-state index is 11.0. The zero-order valence-corrected chi connectivity index (χ0v) is 9.47. The van der Waals surface area contributed by atoms with Crippen LogP contribution in [0.15, 0.2) is 0 Å². The molecule has 0 aliphatic heterocycles. The van der Waals surface area contributed by atoms with Gasteiger partial charge >= 0.3 is 11.9 Å². The maximum atomic E-state index is 11.0. The Labute approximate surface area is 88.0 Å². The third-order valence-corrected chi connectivity index (χ3v) is 3.23. The van der Waals surface area contributed by atoms with Crippen molar-refractivity contribution in [2.75, 3.05) is 18.6 Å². The highest BCUT2D eigenvalue weighted by Crippen LogP contribution is 2.13. The molecule has 0 bridgehead atoms. The Hall–Kier alpha value is -0.710. The molecule has 0 fully saturated rings. The molecule has 0 aromatic heterocycles. The number of carboxylic acids is 1. The summed E-state index contributed by atoms with van der Waals surface area (Å²) in [5.41, 5.74) is 0. The SMILES string of the molecule is COC(=O)C(C)CSCC(C)C(=O)O. The van der Waals surface area contributed by atoms with Gasteiger partial charge in [0.05, 0.1) is 18.9 Å². The number of carbonyl (C=O) groups excluding carboxylic acids is 1. The fraction of sp³-hybridized carbons (Fsp3) is 0.778. The summed E-state index contributed by atoms with van der Waals surface area (Å²) in [6.45, 7) is 3.42. The van der Waals surface area contributed by atoms with E-state index in [0.29, 0.717) is 11.5 Å². The monoisotopic (exact) mass is 220 g/mol. The Bertz CT molecular complexity index is 205. The van der Waals surface area contributed by atoms with Gasteiger partial charge in [0.1, 0.15) is 0 Å². The first-order chi connectivity index (χ1) is 6.49. The number of aliphatic carboxylic acids is 1. The quantitative estimate of drug-likeness (QED) is 0.682. The van der Waals surface area contributed by atoms with E-state index in [2.05, 4.69) is 4.74 Å². The molecule has 0 amide bonds. The molecule has 0 radical (unpaired) electrons. The van der Waals surface area contributed by atoms with Gasteiger partial charge in [-0.2, -0.15) is 11.8 Å². The molecule has 0 saturated carbocycles. The van der Waals surface area contributed by atoms with Crippen molar-refractivity contribution in [1.29, 1.82) is 0 Å². The van der Waals surface area contributed by atoms with E-state index in [4.69, 9.17) is 5.11 Å². The minimum atomic E-state index is -0.803. The van der Waals surface area contributed by atoms with E-state index in [1.54, 1.807) is 13.8 Å². The largest absolute Gasteiger partial charge is 0.481 e. The van der Waals surface area contributed by atoms with E-state index in [0.717, 1.165) is 0 Å². The van der Waals surface area contributed by atoms with Gasteiger partial charge in [0.2, 0.25) is 0 Å². The zero-order valence-electron chi connectivity index (χ0n) is 8.65. The Morgan fingerprint density at radius 3 is 2.21 bits per heavy atom. The van der Waals surface area contributed by atoms with Crippen molar-refractivity contribution in [3.05, 3.63) is 0 Å². The number of carboxylic acid groups (broad SMARTS) is 1. The van der Waals surface area contributed by atoms with E-state index in [1.165, 1.54) is 18.9 Å². The van der Waals surface area contributed by atoms with Gasteiger partial charge in [0.25, 0.3) is 0 Å². The molecule has 0 spiro atoms. The molecule has 2 unspecified atom stereocenters. The summed E-state index contributed by atoms with van der Waals surface area (Å²) in [5.74, 6) is -0.472. The zero-order chi connectivity index (χ0) is 11.1. The third kappa shape index (κ3) is 5.11. The second kappa shape index (κ2) is 6.70. The average molecular weight is 220 g/mol. The van der Waals surface area contributed by atoms with Crippen LogP contribution in [0, 0.1) is 11.8 Å². The molecule has 82 valence electrons. The molecule has 0 saturated heterocycles. The van der Waals surface area contributed by atoms with Crippen LogP contribution < -0.4 is 0 Å². The number of ether oxygens (including phenoxy) is 1. The van der Waals surface area contributed by atoms with Gasteiger partial charge < -0.3 is 9.84 Å². The number of hydrogen-bond acceptors (Lipinski definition) is 4. The van der Waals surface area contributed by atoms with Crippen LogP contribution in [0.5, 0.6) is 0 Å². The van der Waals surface area contributed by atoms with E-state index in [1.807, 2.05) is 0 Å². The van der Waals surface area contributed by atoms with E-state index in [-0.39, 0.29) is 17.8 Å². The van der Waals surface area contributed by atoms with Crippen LogP contribution in [0.3, 0.4) is 0 Å². The number of hydrogen-bond donors (Lipinski definition) is 1. The number of rotatable bonds is 6. The molecule has 0 rings (SSSR count). The highest BCUT2D eigenvalue weighted by atomic mass is 32.2. The minimum Gasteiger partial charge on any atom is -0.481 e. The van der Waals surface area contributed by atoms with Crippen molar-refractivity contribution >= 4 is 23.7 Å². The molecule has 0 aromatic rings. The standard InChI is InChI=1S/C9H16O4S/c1-6(8(10)11)4-14-5-7(2)9(12)13-3/h6-7H,4-5H2,1-3H3,(H,10,11). The van der Waals surface area contributed by atoms with Crippen LogP contribution in [-0.2, 0) is 14.3 Å². The molecular weight excluding hydrogens is 204 g/mol. The molecule has 4 nitrogen and oxygen atoms in total. The van der Waals surface area contributed by atoms with Crippen LogP contribution in [0.25, 0.3) is 0 Å². The van der Waals surface area contributed by atoms with E-state index < -0.39 is 5.97 Å². The molecule has 1 N–H and O–H groups in total. The summed E-state index contributed by atoms with van der Waals surface area (Å²) in [7, 11) is 1.35. The van der Waals surface area contributed by atoms with Gasteiger partial charge in [0.15, 0.2) is 0 Å². The molecule has 5 heteroatoms. The van der Waals surface area contributed by atoms with Crippen LogP contribution >= 0.6 is 11.8 Å². The van der Waals surface area contributed by atoms with Gasteiger partial charge in [-0.05, 0) is 0 Å². The van der Waals surface area contributed by atoms with Crippen molar-refractivity contribution in [3.63, 3.8) is 0 Å². The van der Waals surface area contributed by atoms with Crippen molar-refractivity contribution in [3.8, 4) is 0 Å². The van der Waals surface area contributed by atoms with Gasteiger partial charge in [-0.25, -0.2) is 0 Å². The van der Waals surface area contributed by atoms with Crippen LogP contribution in [0.2, 0.25) is 0 Å². The molecular formula is C9H16O4S. The average Bonchev–Trinajstić information content (AvgIpc) is 2.15. The predicted molar refractivity (Wildman–Crippen MR) is 55.3 cm³/mol. The lowest BCUT2D eigenvalue weighted by Crippen LogP contribution is -2.17. The first kappa shape index (κ1) is 13.3. The third-order valence-electron chi connectivity index (χ3n) is 1.76. The summed E-state index contributed by atoms with van der Waals surface area (Å²) >= 11 is 1.46. The smallest absolute Gasteiger partial charge is 0.309 e. The minimum absolute atomic E-state index is 0.175. The van der Waals surface area contributed by atoms with Crippen molar-refractivity contribution in [2.45, 2.75) is 13.8 Å². The number of carbonyl (C=O) groups is 2. The van der Waals surface area contributed by atoms with Gasteiger partial charge in [0, 0.05) is 11.5 Å². The Kier molecular flexibility index (Phi) is 6.36. The van der Waals surface area contributed by atoms with Gasteiger partial charge in [-0.3, -0.25) is 9.59 Å².